The number of allylic oxidation sites excluding steroid dienone is 1. The number of anilines is 1. The average Bonchev–Trinajstić information content (AvgIpc) is 3.54. The molecule has 1 aliphatic carbocycles. The zero-order chi connectivity index (χ0) is 37.1. The van der Waals surface area contributed by atoms with Crippen LogP contribution in [0.5, 0.6) is 0 Å². The molecule has 1 aromatic carbocycles. The molecule has 2 aliphatic rings. The third-order valence-electron chi connectivity index (χ3n) is 10.2. The van der Waals surface area contributed by atoms with Crippen molar-refractivity contribution >= 4 is 12.0 Å². The lowest BCUT2D eigenvalue weighted by atomic mass is 9.82. The van der Waals surface area contributed by atoms with E-state index in [2.05, 4.69) is 21.6 Å². The molecule has 0 unspecified atom stereocenters. The Hall–Kier alpha value is -4.30. The number of carbonyl (C=O) groups excluding carboxylic acids is 1. The standard InChI is InChI=1S/C36H44F6N6O3/c1-5-30-14-32(15-31(6-2)48(30)34(50)51-21-23-7-9-25(10-8-23)22(3)49)47(33-43-16-26(17-44-33)27-18-45-46(4)20-27)19-24-11-28(35(37,38)39)13-29(12-24)36(40,41)42/h11-13,16-18,20,23,25,30-32,49H,3,5-10,14-15,19,21H2,1-2,4H3/t23-,25-,30-,31+,32+. The van der Waals surface area contributed by atoms with E-state index in [9.17, 15) is 36.2 Å². The molecule has 51 heavy (non-hydrogen) atoms. The Bertz CT molecular complexity index is 1610. The van der Waals surface area contributed by atoms with Gasteiger partial charge in [-0.1, -0.05) is 20.4 Å². The molecule has 1 saturated heterocycles. The van der Waals surface area contributed by atoms with Gasteiger partial charge in [0.15, 0.2) is 0 Å². The number of hydrogen-bond donors (Lipinski definition) is 1. The first-order valence-corrected chi connectivity index (χ1v) is 17.3. The van der Waals surface area contributed by atoms with E-state index in [1.54, 1.807) is 46.3 Å². The summed E-state index contributed by atoms with van der Waals surface area (Å²) in [5.74, 6) is 0.543. The predicted octanol–water partition coefficient (Wildman–Crippen LogP) is 8.96. The number of alkyl halides is 6. The van der Waals surface area contributed by atoms with Crippen molar-refractivity contribution in [1.82, 2.24) is 24.6 Å². The lowest BCUT2D eigenvalue weighted by Crippen LogP contribution is -2.57. The van der Waals surface area contributed by atoms with Crippen LogP contribution in [0.25, 0.3) is 11.1 Å². The zero-order valence-corrected chi connectivity index (χ0v) is 28.9. The number of aliphatic hydroxyl groups is 1. The molecule has 1 saturated carbocycles. The summed E-state index contributed by atoms with van der Waals surface area (Å²) in [6, 6.07) is 0.512. The van der Waals surface area contributed by atoms with E-state index in [1.165, 1.54) is 0 Å². The fourth-order valence-corrected chi connectivity index (χ4v) is 7.31. The molecule has 0 radical (unpaired) electrons. The van der Waals surface area contributed by atoms with Gasteiger partial charge in [0.05, 0.1) is 29.7 Å². The average molecular weight is 723 g/mol. The predicted molar refractivity (Wildman–Crippen MR) is 178 cm³/mol. The Morgan fingerprint density at radius 1 is 0.922 bits per heavy atom. The van der Waals surface area contributed by atoms with Crippen LogP contribution < -0.4 is 4.90 Å². The molecule has 2 fully saturated rings. The minimum absolute atomic E-state index is 0.0550. The van der Waals surface area contributed by atoms with Crippen molar-refractivity contribution in [3.8, 4) is 11.1 Å². The molecule has 0 spiro atoms. The maximum atomic E-state index is 13.8. The van der Waals surface area contributed by atoms with Crippen LogP contribution in [0.1, 0.15) is 81.9 Å². The van der Waals surface area contributed by atoms with Crippen LogP contribution in [0.4, 0.5) is 37.1 Å². The summed E-state index contributed by atoms with van der Waals surface area (Å²) in [5, 5.41) is 13.9. The largest absolute Gasteiger partial charge is 0.513 e. The molecule has 278 valence electrons. The number of aromatic nitrogens is 4. The number of hydrogen-bond acceptors (Lipinski definition) is 7. The van der Waals surface area contributed by atoms with Gasteiger partial charge in [-0.3, -0.25) is 4.68 Å². The molecule has 3 atom stereocenters. The Morgan fingerprint density at radius 2 is 1.49 bits per heavy atom. The quantitative estimate of drug-likeness (QED) is 0.165. The lowest BCUT2D eigenvalue weighted by Gasteiger charge is -2.47. The summed E-state index contributed by atoms with van der Waals surface area (Å²) < 4.78 is 90.4. The minimum Gasteiger partial charge on any atom is -0.513 e. The summed E-state index contributed by atoms with van der Waals surface area (Å²) in [4.78, 5) is 26.1. The Balaban J connectivity index is 1.42. The summed E-state index contributed by atoms with van der Waals surface area (Å²) in [6.45, 7) is 7.41. The Labute approximate surface area is 293 Å². The van der Waals surface area contributed by atoms with E-state index in [-0.39, 0.29) is 60.4 Å². The highest BCUT2D eigenvalue weighted by atomic mass is 19.4. The molecule has 0 bridgehead atoms. The molecule has 15 heteroatoms. The van der Waals surface area contributed by atoms with Gasteiger partial charge in [-0.15, -0.1) is 0 Å². The summed E-state index contributed by atoms with van der Waals surface area (Å²) in [7, 11) is 1.75. The Kier molecular flexibility index (Phi) is 11.5. The summed E-state index contributed by atoms with van der Waals surface area (Å²) in [5.41, 5.74) is -1.62. The molecule has 5 rings (SSSR count). The SMILES string of the molecule is C=C(O)[C@H]1CC[C@H](COC(=O)N2[C@H](CC)C[C@H](N(Cc3cc(C(F)(F)F)cc(C(F)(F)F)c3)c3ncc(-c4cnn(C)c4)cn3)C[C@@H]2CC)CC1. The van der Waals surface area contributed by atoms with E-state index in [4.69, 9.17) is 4.74 Å². The fraction of sp³-hybridized carbons (Fsp3) is 0.556. The van der Waals surface area contributed by atoms with E-state index in [1.807, 2.05) is 13.8 Å². The van der Waals surface area contributed by atoms with E-state index < -0.39 is 35.6 Å². The molecule has 1 aliphatic heterocycles. The number of ether oxygens (including phenoxy) is 1. The lowest BCUT2D eigenvalue weighted by molar-refractivity contribution is -0.143. The van der Waals surface area contributed by atoms with Crippen molar-refractivity contribution < 1.29 is 41.0 Å². The summed E-state index contributed by atoms with van der Waals surface area (Å²) in [6.07, 6.45) is 1.01. The van der Waals surface area contributed by atoms with Crippen molar-refractivity contribution in [3.05, 3.63) is 72.0 Å². The molecular formula is C36H44F6N6O3. The van der Waals surface area contributed by atoms with Gasteiger partial charge in [-0.25, -0.2) is 14.8 Å². The van der Waals surface area contributed by atoms with Gasteiger partial charge in [-0.05, 0) is 81.0 Å². The number of benzene rings is 1. The zero-order valence-electron chi connectivity index (χ0n) is 28.9. The summed E-state index contributed by atoms with van der Waals surface area (Å²) >= 11 is 0. The van der Waals surface area contributed by atoms with Gasteiger partial charge in [0, 0.05) is 67.4 Å². The molecular weight excluding hydrogens is 678 g/mol. The normalized spacial score (nSPS) is 22.8. The maximum Gasteiger partial charge on any atom is 0.416 e. The third kappa shape index (κ3) is 9.14. The first-order chi connectivity index (χ1) is 24.1. The van der Waals surface area contributed by atoms with Crippen LogP contribution in [0.15, 0.2) is 55.3 Å². The second-order valence-electron chi connectivity index (χ2n) is 13.7. The molecule has 3 aromatic rings. The van der Waals surface area contributed by atoms with E-state index in [0.717, 1.165) is 43.4 Å². The van der Waals surface area contributed by atoms with Crippen LogP contribution in [-0.4, -0.2) is 60.6 Å². The number of piperidine rings is 1. The van der Waals surface area contributed by atoms with Gasteiger partial charge in [-0.2, -0.15) is 31.4 Å². The highest BCUT2D eigenvalue weighted by molar-refractivity contribution is 5.69. The molecule has 1 N–H and O–H groups in total. The molecule has 3 heterocycles. The van der Waals surface area contributed by atoms with E-state index in [0.29, 0.717) is 31.2 Å². The number of rotatable bonds is 10. The van der Waals surface area contributed by atoms with Crippen molar-refractivity contribution in [2.24, 2.45) is 18.9 Å². The van der Waals surface area contributed by atoms with E-state index >= 15 is 0 Å². The highest BCUT2D eigenvalue weighted by Crippen LogP contribution is 2.39. The second kappa shape index (κ2) is 15.5. The van der Waals surface area contributed by atoms with Gasteiger partial charge < -0.3 is 19.6 Å². The third-order valence-corrected chi connectivity index (χ3v) is 10.2. The smallest absolute Gasteiger partial charge is 0.416 e. The van der Waals surface area contributed by atoms with Crippen molar-refractivity contribution in [2.75, 3.05) is 11.5 Å². The van der Waals surface area contributed by atoms with Crippen molar-refractivity contribution in [2.45, 2.75) is 102 Å². The number of aryl methyl sites for hydroxylation is 1. The number of nitrogens with zero attached hydrogens (tertiary/aromatic N) is 6. The maximum absolute atomic E-state index is 13.8. The minimum atomic E-state index is -5.00. The van der Waals surface area contributed by atoms with Gasteiger partial charge in [0.2, 0.25) is 5.95 Å². The van der Waals surface area contributed by atoms with Crippen molar-refractivity contribution in [1.29, 1.82) is 0 Å². The van der Waals surface area contributed by atoms with Crippen molar-refractivity contribution in [3.63, 3.8) is 0 Å². The number of carbonyl (C=O) groups is 1. The monoisotopic (exact) mass is 722 g/mol. The fourth-order valence-electron chi connectivity index (χ4n) is 7.31. The molecule has 2 aromatic heterocycles. The van der Waals surface area contributed by atoms with Crippen LogP contribution in [0, 0.1) is 11.8 Å². The number of halogens is 6. The number of likely N-dealkylation sites (tertiary alicyclic amines) is 1. The number of aliphatic hydroxyl groups excluding tert-OH is 1. The van der Waals surface area contributed by atoms with Gasteiger partial charge in [0.1, 0.15) is 0 Å². The van der Waals surface area contributed by atoms with Crippen LogP contribution >= 0.6 is 0 Å². The van der Waals surface area contributed by atoms with Crippen LogP contribution in [0.2, 0.25) is 0 Å². The second-order valence-corrected chi connectivity index (χ2v) is 13.7. The first-order valence-electron chi connectivity index (χ1n) is 17.3. The highest BCUT2D eigenvalue weighted by Gasteiger charge is 2.42. The topological polar surface area (TPSA) is 96.6 Å². The number of amides is 1. The molecule has 1 amide bonds. The van der Waals surface area contributed by atoms with Gasteiger partial charge >= 0.3 is 18.4 Å². The first kappa shape index (κ1) is 37.9. The van der Waals surface area contributed by atoms with Crippen LogP contribution in [-0.2, 0) is 30.7 Å². The Morgan fingerprint density at radius 3 is 1.96 bits per heavy atom. The van der Waals surface area contributed by atoms with Crippen LogP contribution in [0.3, 0.4) is 0 Å². The molecule has 9 nitrogen and oxygen atoms in total. The van der Waals surface area contributed by atoms with Gasteiger partial charge in [0.25, 0.3) is 0 Å².